The quantitative estimate of drug-likeness (QED) is 0.559. The SMILES string of the molecule is CC(=O)OCCCC1CCN(CC(=O)O)CC1. The van der Waals surface area contributed by atoms with Crippen LogP contribution < -0.4 is 0 Å². The Morgan fingerprint density at radius 3 is 2.53 bits per heavy atom. The highest BCUT2D eigenvalue weighted by Gasteiger charge is 2.20. The van der Waals surface area contributed by atoms with Crippen molar-refractivity contribution in [1.29, 1.82) is 0 Å². The van der Waals surface area contributed by atoms with Gasteiger partial charge in [0, 0.05) is 6.92 Å². The standard InChI is InChI=1S/C12H21NO4/c1-10(14)17-8-2-3-11-4-6-13(7-5-11)9-12(15)16/h11H,2-9H2,1H3,(H,15,16). The second kappa shape index (κ2) is 7.27. The van der Waals surface area contributed by atoms with Crippen LogP contribution in [0.1, 0.15) is 32.6 Å². The van der Waals surface area contributed by atoms with Crippen LogP contribution in [-0.2, 0) is 14.3 Å². The average Bonchev–Trinajstić information content (AvgIpc) is 2.25. The van der Waals surface area contributed by atoms with Gasteiger partial charge in [-0.25, -0.2) is 0 Å². The Kier molecular flexibility index (Phi) is 5.97. The summed E-state index contributed by atoms with van der Waals surface area (Å²) in [6, 6.07) is 0. The number of esters is 1. The molecule has 17 heavy (non-hydrogen) atoms. The van der Waals surface area contributed by atoms with E-state index < -0.39 is 5.97 Å². The zero-order valence-corrected chi connectivity index (χ0v) is 10.4. The molecule has 98 valence electrons. The highest BCUT2D eigenvalue weighted by molar-refractivity contribution is 5.69. The van der Waals surface area contributed by atoms with Gasteiger partial charge < -0.3 is 9.84 Å². The lowest BCUT2D eigenvalue weighted by molar-refractivity contribution is -0.141. The first kappa shape index (κ1) is 14.0. The smallest absolute Gasteiger partial charge is 0.317 e. The number of aliphatic carboxylic acids is 1. The number of hydrogen-bond donors (Lipinski definition) is 1. The Balaban J connectivity index is 2.06. The van der Waals surface area contributed by atoms with Gasteiger partial charge in [-0.3, -0.25) is 14.5 Å². The third-order valence-corrected chi connectivity index (χ3v) is 3.13. The minimum Gasteiger partial charge on any atom is -0.480 e. The van der Waals surface area contributed by atoms with Gasteiger partial charge in [0.1, 0.15) is 0 Å². The molecular formula is C12H21NO4. The van der Waals surface area contributed by atoms with Crippen LogP contribution >= 0.6 is 0 Å². The molecule has 1 saturated heterocycles. The maximum Gasteiger partial charge on any atom is 0.317 e. The van der Waals surface area contributed by atoms with E-state index in [-0.39, 0.29) is 12.5 Å². The Hall–Kier alpha value is -1.10. The van der Waals surface area contributed by atoms with Crippen LogP contribution in [0.3, 0.4) is 0 Å². The van der Waals surface area contributed by atoms with E-state index in [0.717, 1.165) is 38.8 Å². The zero-order chi connectivity index (χ0) is 12.7. The van der Waals surface area contributed by atoms with E-state index in [1.54, 1.807) is 0 Å². The molecule has 0 aliphatic carbocycles. The fourth-order valence-electron chi connectivity index (χ4n) is 2.21. The van der Waals surface area contributed by atoms with Gasteiger partial charge in [-0.05, 0) is 44.7 Å². The van der Waals surface area contributed by atoms with Crippen molar-refractivity contribution >= 4 is 11.9 Å². The van der Waals surface area contributed by atoms with Crippen LogP contribution in [0.2, 0.25) is 0 Å². The number of carboxylic acid groups (broad SMARTS) is 1. The summed E-state index contributed by atoms with van der Waals surface area (Å²) >= 11 is 0. The van der Waals surface area contributed by atoms with Crippen molar-refractivity contribution in [2.75, 3.05) is 26.2 Å². The number of nitrogens with zero attached hydrogens (tertiary/aromatic N) is 1. The van der Waals surface area contributed by atoms with E-state index in [0.29, 0.717) is 12.5 Å². The molecule has 0 unspecified atom stereocenters. The number of carboxylic acids is 1. The summed E-state index contributed by atoms with van der Waals surface area (Å²) in [5.74, 6) is -0.324. The Bertz CT molecular complexity index is 256. The molecule has 0 atom stereocenters. The Morgan fingerprint density at radius 2 is 2.00 bits per heavy atom. The molecule has 1 rings (SSSR count). The molecule has 1 N–H and O–H groups in total. The molecule has 1 aliphatic rings. The van der Waals surface area contributed by atoms with E-state index in [9.17, 15) is 9.59 Å². The van der Waals surface area contributed by atoms with Crippen LogP contribution in [0.25, 0.3) is 0 Å². The number of carbonyl (C=O) groups excluding carboxylic acids is 1. The van der Waals surface area contributed by atoms with Gasteiger partial charge in [0.2, 0.25) is 0 Å². The third kappa shape index (κ3) is 6.26. The molecule has 0 aromatic carbocycles. The summed E-state index contributed by atoms with van der Waals surface area (Å²) in [5, 5.41) is 8.67. The largest absolute Gasteiger partial charge is 0.480 e. The summed E-state index contributed by atoms with van der Waals surface area (Å²) in [6.45, 7) is 3.81. The van der Waals surface area contributed by atoms with E-state index in [2.05, 4.69) is 0 Å². The number of piperidine rings is 1. The molecule has 5 nitrogen and oxygen atoms in total. The second-order valence-corrected chi connectivity index (χ2v) is 4.60. The fourth-order valence-corrected chi connectivity index (χ4v) is 2.21. The van der Waals surface area contributed by atoms with Crippen molar-refractivity contribution < 1.29 is 19.4 Å². The van der Waals surface area contributed by atoms with Crippen LogP contribution in [0.4, 0.5) is 0 Å². The second-order valence-electron chi connectivity index (χ2n) is 4.60. The summed E-state index contributed by atoms with van der Waals surface area (Å²) < 4.78 is 4.88. The lowest BCUT2D eigenvalue weighted by Gasteiger charge is -2.30. The Morgan fingerprint density at radius 1 is 1.35 bits per heavy atom. The monoisotopic (exact) mass is 243 g/mol. The number of rotatable bonds is 6. The van der Waals surface area contributed by atoms with Gasteiger partial charge in [-0.1, -0.05) is 0 Å². The summed E-state index contributed by atoms with van der Waals surface area (Å²) in [4.78, 5) is 23.1. The van der Waals surface area contributed by atoms with Gasteiger partial charge in [-0.15, -0.1) is 0 Å². The molecule has 1 heterocycles. The van der Waals surface area contributed by atoms with Crippen molar-refractivity contribution in [3.05, 3.63) is 0 Å². The van der Waals surface area contributed by atoms with Gasteiger partial charge in [0.15, 0.2) is 0 Å². The molecule has 1 fully saturated rings. The number of hydrogen-bond acceptors (Lipinski definition) is 4. The highest BCUT2D eigenvalue weighted by Crippen LogP contribution is 2.21. The van der Waals surface area contributed by atoms with Crippen LogP contribution in [-0.4, -0.2) is 48.2 Å². The lowest BCUT2D eigenvalue weighted by atomic mass is 9.92. The molecule has 5 heteroatoms. The predicted molar refractivity (Wildman–Crippen MR) is 62.7 cm³/mol. The number of carbonyl (C=O) groups is 2. The molecule has 0 aromatic heterocycles. The summed E-state index contributed by atoms with van der Waals surface area (Å²) in [7, 11) is 0. The van der Waals surface area contributed by atoms with E-state index in [1.807, 2.05) is 4.90 Å². The average molecular weight is 243 g/mol. The van der Waals surface area contributed by atoms with Gasteiger partial charge in [-0.2, -0.15) is 0 Å². The first-order valence-electron chi connectivity index (χ1n) is 6.15. The molecule has 0 aromatic rings. The molecule has 1 aliphatic heterocycles. The van der Waals surface area contributed by atoms with Crippen molar-refractivity contribution in [2.24, 2.45) is 5.92 Å². The maximum atomic E-state index is 10.6. The molecule has 0 amide bonds. The molecule has 0 spiro atoms. The van der Waals surface area contributed by atoms with Crippen molar-refractivity contribution in [1.82, 2.24) is 4.90 Å². The van der Waals surface area contributed by atoms with Gasteiger partial charge in [0.05, 0.1) is 13.2 Å². The molecule has 0 radical (unpaired) electrons. The van der Waals surface area contributed by atoms with Gasteiger partial charge >= 0.3 is 11.9 Å². The first-order valence-corrected chi connectivity index (χ1v) is 6.15. The minimum absolute atomic E-state index is 0.153. The van der Waals surface area contributed by atoms with Gasteiger partial charge in [0.25, 0.3) is 0 Å². The van der Waals surface area contributed by atoms with Crippen LogP contribution in [0.5, 0.6) is 0 Å². The topological polar surface area (TPSA) is 66.8 Å². The van der Waals surface area contributed by atoms with E-state index in [1.165, 1.54) is 6.92 Å². The van der Waals surface area contributed by atoms with Crippen LogP contribution in [0.15, 0.2) is 0 Å². The number of ether oxygens (including phenoxy) is 1. The van der Waals surface area contributed by atoms with Crippen LogP contribution in [0, 0.1) is 5.92 Å². The normalized spacial score (nSPS) is 17.9. The van der Waals surface area contributed by atoms with Crippen molar-refractivity contribution in [3.8, 4) is 0 Å². The summed E-state index contributed by atoms with van der Waals surface area (Å²) in [5.41, 5.74) is 0. The molecule has 0 saturated carbocycles. The Labute approximate surface area is 102 Å². The van der Waals surface area contributed by atoms with Crippen molar-refractivity contribution in [2.45, 2.75) is 32.6 Å². The summed E-state index contributed by atoms with van der Waals surface area (Å²) in [6.07, 6.45) is 4.07. The lowest BCUT2D eigenvalue weighted by Crippen LogP contribution is -2.37. The minimum atomic E-state index is -0.752. The third-order valence-electron chi connectivity index (χ3n) is 3.13. The van der Waals surface area contributed by atoms with E-state index >= 15 is 0 Å². The molecular weight excluding hydrogens is 222 g/mol. The predicted octanol–water partition coefficient (Wildman–Crippen LogP) is 1.13. The fraction of sp³-hybridized carbons (Fsp3) is 0.833. The highest BCUT2D eigenvalue weighted by atomic mass is 16.5. The molecule has 0 bridgehead atoms. The zero-order valence-electron chi connectivity index (χ0n) is 10.4. The first-order chi connectivity index (χ1) is 8.08. The van der Waals surface area contributed by atoms with Crippen molar-refractivity contribution in [3.63, 3.8) is 0 Å². The van der Waals surface area contributed by atoms with E-state index in [4.69, 9.17) is 9.84 Å². The maximum absolute atomic E-state index is 10.6. The number of likely N-dealkylation sites (tertiary alicyclic amines) is 1.